The van der Waals surface area contributed by atoms with E-state index in [9.17, 15) is 24.3 Å². The summed E-state index contributed by atoms with van der Waals surface area (Å²) in [5, 5.41) is 13.7. The van der Waals surface area contributed by atoms with Crippen LogP contribution in [0.15, 0.2) is 58.6 Å². The molecular formula is C29H40N2O9. The maximum absolute atomic E-state index is 13.3. The van der Waals surface area contributed by atoms with Gasteiger partial charge in [-0.15, -0.1) is 0 Å². The summed E-state index contributed by atoms with van der Waals surface area (Å²) in [5.41, 5.74) is 6.12. The Hall–Kier alpha value is -3.54. The average Bonchev–Trinajstić information content (AvgIpc) is 2.90. The number of carbonyl (C=O) groups excluding carboxylic acids is 4. The quantitative estimate of drug-likeness (QED) is 0.346. The summed E-state index contributed by atoms with van der Waals surface area (Å²) < 4.78 is 21.7. The van der Waals surface area contributed by atoms with Gasteiger partial charge in [-0.2, -0.15) is 0 Å². The van der Waals surface area contributed by atoms with Crippen LogP contribution < -0.4 is 11.1 Å². The van der Waals surface area contributed by atoms with Gasteiger partial charge in [0.1, 0.15) is 6.10 Å². The molecule has 0 saturated carbocycles. The predicted octanol–water partition coefficient (Wildman–Crippen LogP) is 2.41. The van der Waals surface area contributed by atoms with Gasteiger partial charge >= 0.3 is 6.09 Å². The van der Waals surface area contributed by atoms with Gasteiger partial charge in [-0.3, -0.25) is 14.4 Å². The third-order valence-corrected chi connectivity index (χ3v) is 6.95. The molecule has 40 heavy (non-hydrogen) atoms. The van der Waals surface area contributed by atoms with Crippen LogP contribution in [0.25, 0.3) is 0 Å². The van der Waals surface area contributed by atoms with Crippen LogP contribution >= 0.6 is 0 Å². The lowest BCUT2D eigenvalue weighted by Gasteiger charge is -2.29. The molecule has 0 aromatic carbocycles. The lowest BCUT2D eigenvalue weighted by molar-refractivity contribution is -0.120. The molecule has 4 N–H and O–H groups in total. The zero-order valence-corrected chi connectivity index (χ0v) is 24.1. The highest BCUT2D eigenvalue weighted by Gasteiger charge is 2.34. The Kier molecular flexibility index (Phi) is 12.0. The number of fused-ring (bicyclic) bond motifs is 2. The highest BCUT2D eigenvalue weighted by Crippen LogP contribution is 2.29. The van der Waals surface area contributed by atoms with Crippen molar-refractivity contribution >= 4 is 23.6 Å². The fourth-order valence-corrected chi connectivity index (χ4v) is 4.78. The standard InChI is InChI=1S/C29H40N2O9/c1-15-11-19-25(34)20(14-21(32)27(19)39-7)31-28(35)16(2)9-8-10-22(37-5)26(40-29(30)36)18(4)13-17(3)24(33)23(12-15)38-6/h8-10,13-15,17,22-24,26,33H,11-12H2,1-7H3,(H2,30,36)(H,31,35)/b10-8+,16-9+,18-13+/t15?,17?,22-,23?,24?,26?/m0/s1. The number of aliphatic hydroxyl groups excluding tert-OH is 1. The number of rotatable bonds is 4. The Morgan fingerprint density at radius 3 is 2.35 bits per heavy atom. The number of hydrogen-bond donors (Lipinski definition) is 3. The molecule has 0 spiro atoms. The molecule has 0 radical (unpaired) electrons. The van der Waals surface area contributed by atoms with Gasteiger partial charge in [-0.1, -0.05) is 38.2 Å². The minimum absolute atomic E-state index is 0.0801. The molecule has 5 unspecified atom stereocenters. The lowest BCUT2D eigenvalue weighted by atomic mass is 9.85. The number of carbonyl (C=O) groups is 4. The molecule has 0 aromatic heterocycles. The zero-order valence-electron chi connectivity index (χ0n) is 24.1. The molecule has 1 aliphatic carbocycles. The number of methoxy groups -OCH3 is 3. The summed E-state index contributed by atoms with van der Waals surface area (Å²) >= 11 is 0. The van der Waals surface area contributed by atoms with Gasteiger partial charge in [0.05, 0.1) is 25.0 Å². The molecule has 11 heteroatoms. The molecule has 2 bridgehead atoms. The molecule has 0 aromatic rings. The number of amides is 2. The van der Waals surface area contributed by atoms with E-state index in [1.54, 1.807) is 32.1 Å². The van der Waals surface area contributed by atoms with Gasteiger partial charge in [-0.25, -0.2) is 4.79 Å². The van der Waals surface area contributed by atoms with Crippen molar-refractivity contribution in [3.63, 3.8) is 0 Å². The van der Waals surface area contributed by atoms with Crippen LogP contribution in [-0.4, -0.2) is 74.4 Å². The molecule has 220 valence electrons. The van der Waals surface area contributed by atoms with Gasteiger partial charge < -0.3 is 35.1 Å². The van der Waals surface area contributed by atoms with Crippen LogP contribution in [0.2, 0.25) is 0 Å². The smallest absolute Gasteiger partial charge is 0.405 e. The van der Waals surface area contributed by atoms with E-state index in [1.165, 1.54) is 34.3 Å². The van der Waals surface area contributed by atoms with Crippen molar-refractivity contribution in [2.75, 3.05) is 21.3 Å². The Labute approximate surface area is 234 Å². The zero-order chi connectivity index (χ0) is 30.1. The van der Waals surface area contributed by atoms with Gasteiger partial charge in [0, 0.05) is 37.4 Å². The second kappa shape index (κ2) is 14.7. The maximum atomic E-state index is 13.3. The first kappa shape index (κ1) is 32.7. The fourth-order valence-electron chi connectivity index (χ4n) is 4.78. The summed E-state index contributed by atoms with van der Waals surface area (Å²) in [4.78, 5) is 50.6. The number of ether oxygens (including phenoxy) is 4. The van der Waals surface area contributed by atoms with Gasteiger partial charge in [0.2, 0.25) is 11.6 Å². The van der Waals surface area contributed by atoms with Crippen LogP contribution in [0.3, 0.4) is 0 Å². The van der Waals surface area contributed by atoms with Crippen LogP contribution in [0, 0.1) is 11.8 Å². The van der Waals surface area contributed by atoms with Gasteiger partial charge in [0.15, 0.2) is 11.9 Å². The topological polar surface area (TPSA) is 163 Å². The molecule has 1 aliphatic heterocycles. The first-order chi connectivity index (χ1) is 18.8. The van der Waals surface area contributed by atoms with E-state index in [1.807, 2.05) is 6.92 Å². The summed E-state index contributed by atoms with van der Waals surface area (Å²) in [7, 11) is 4.21. The number of allylic oxidation sites excluding steroid dienone is 4. The van der Waals surface area contributed by atoms with Crippen LogP contribution in [-0.2, 0) is 33.3 Å². The van der Waals surface area contributed by atoms with E-state index in [-0.39, 0.29) is 34.9 Å². The number of Topliss-reactive ketones (excluding diaryl/α,β-unsaturated/α-hetero) is 1. The van der Waals surface area contributed by atoms with E-state index in [0.717, 1.165) is 6.08 Å². The Morgan fingerprint density at radius 2 is 1.77 bits per heavy atom. The van der Waals surface area contributed by atoms with Crippen molar-refractivity contribution in [1.29, 1.82) is 0 Å². The number of ketones is 2. The molecule has 2 rings (SSSR count). The molecule has 11 nitrogen and oxygen atoms in total. The summed E-state index contributed by atoms with van der Waals surface area (Å²) in [6, 6.07) is 0. The number of aliphatic hydroxyl groups is 1. The number of nitrogens with two attached hydrogens (primary N) is 1. The van der Waals surface area contributed by atoms with Crippen molar-refractivity contribution in [3.05, 3.63) is 58.6 Å². The Morgan fingerprint density at radius 1 is 1.10 bits per heavy atom. The molecule has 1 heterocycles. The van der Waals surface area contributed by atoms with Gasteiger partial charge in [0.25, 0.3) is 5.91 Å². The second-order valence-electron chi connectivity index (χ2n) is 10.1. The van der Waals surface area contributed by atoms with Crippen molar-refractivity contribution in [3.8, 4) is 0 Å². The molecule has 6 atom stereocenters. The maximum Gasteiger partial charge on any atom is 0.405 e. The Bertz CT molecular complexity index is 1150. The summed E-state index contributed by atoms with van der Waals surface area (Å²) in [6.45, 7) is 6.92. The van der Waals surface area contributed by atoms with Crippen molar-refractivity contribution in [1.82, 2.24) is 5.32 Å². The normalized spacial score (nSPS) is 32.7. The number of nitrogens with one attached hydrogen (secondary N) is 1. The number of primary amides is 1. The lowest BCUT2D eigenvalue weighted by Crippen LogP contribution is -2.37. The predicted molar refractivity (Wildman–Crippen MR) is 147 cm³/mol. The second-order valence-corrected chi connectivity index (χ2v) is 10.1. The highest BCUT2D eigenvalue weighted by atomic mass is 16.6. The first-order valence-corrected chi connectivity index (χ1v) is 13.0. The van der Waals surface area contributed by atoms with Crippen molar-refractivity contribution in [2.45, 2.75) is 65.0 Å². The highest BCUT2D eigenvalue weighted by molar-refractivity contribution is 6.23. The van der Waals surface area contributed by atoms with E-state index in [2.05, 4.69) is 5.32 Å². The van der Waals surface area contributed by atoms with Crippen LogP contribution in [0.5, 0.6) is 0 Å². The molecular weight excluding hydrogens is 520 g/mol. The van der Waals surface area contributed by atoms with E-state index < -0.39 is 53.9 Å². The van der Waals surface area contributed by atoms with Crippen molar-refractivity contribution < 1.29 is 43.2 Å². The van der Waals surface area contributed by atoms with Gasteiger partial charge in [-0.05, 0) is 38.2 Å². The van der Waals surface area contributed by atoms with E-state index >= 15 is 0 Å². The molecule has 2 amide bonds. The summed E-state index contributed by atoms with van der Waals surface area (Å²) in [6.07, 6.45) is 3.61. The van der Waals surface area contributed by atoms with E-state index in [4.69, 9.17) is 24.7 Å². The molecule has 2 aliphatic rings. The average molecular weight is 561 g/mol. The number of hydrogen-bond acceptors (Lipinski definition) is 9. The molecule has 0 saturated heterocycles. The largest absolute Gasteiger partial charge is 0.492 e. The monoisotopic (exact) mass is 560 g/mol. The molecule has 0 fully saturated rings. The minimum atomic E-state index is -1.00. The Balaban J connectivity index is 2.60. The summed E-state index contributed by atoms with van der Waals surface area (Å²) in [5.74, 6) is -2.39. The van der Waals surface area contributed by atoms with E-state index in [0.29, 0.717) is 12.0 Å². The minimum Gasteiger partial charge on any atom is -0.492 e. The SMILES string of the molecule is COC1=C2CC(C)CC(OC)C(O)C(C)/C=C(\C)C(OC(N)=O)[C@@H](OC)/C=C/C=C(\C)C(=O)NC(=CC1=O)C2=O. The van der Waals surface area contributed by atoms with Crippen LogP contribution in [0.4, 0.5) is 4.79 Å². The fraction of sp³-hybridized carbons (Fsp3) is 0.517. The third-order valence-electron chi connectivity index (χ3n) is 6.95. The third kappa shape index (κ3) is 8.23. The first-order valence-electron chi connectivity index (χ1n) is 13.0. The van der Waals surface area contributed by atoms with Crippen LogP contribution in [0.1, 0.15) is 40.5 Å². The van der Waals surface area contributed by atoms with Crippen molar-refractivity contribution in [2.24, 2.45) is 17.6 Å².